The summed E-state index contributed by atoms with van der Waals surface area (Å²) in [5.41, 5.74) is 1.37. The van der Waals surface area contributed by atoms with Gasteiger partial charge in [0.05, 0.1) is 12.7 Å². The molecule has 0 bridgehead atoms. The van der Waals surface area contributed by atoms with Gasteiger partial charge < -0.3 is 4.74 Å². The van der Waals surface area contributed by atoms with Crippen molar-refractivity contribution in [2.24, 2.45) is 0 Å². The molecule has 0 aliphatic carbocycles. The Morgan fingerprint density at radius 2 is 1.79 bits per heavy atom. The SMILES string of the molecule is CCCCCC1CCC(c2ccc(-c3ccc(CC)c(F)c3)c(F)c2F)CO1. The van der Waals surface area contributed by atoms with E-state index in [2.05, 4.69) is 6.92 Å². The van der Waals surface area contributed by atoms with E-state index in [0.29, 0.717) is 29.7 Å². The molecule has 0 saturated carbocycles. The van der Waals surface area contributed by atoms with Crippen LogP contribution in [0.1, 0.15) is 69.4 Å². The zero-order chi connectivity index (χ0) is 20.1. The van der Waals surface area contributed by atoms with Crippen LogP contribution in [-0.4, -0.2) is 12.7 Å². The van der Waals surface area contributed by atoms with Crippen molar-refractivity contribution >= 4 is 0 Å². The van der Waals surface area contributed by atoms with Crippen LogP contribution >= 0.6 is 0 Å². The average Bonchev–Trinajstić information content (AvgIpc) is 2.71. The second-order valence-electron chi connectivity index (χ2n) is 7.72. The Bertz CT molecular complexity index is 795. The zero-order valence-corrected chi connectivity index (χ0v) is 16.7. The third kappa shape index (κ3) is 4.60. The van der Waals surface area contributed by atoms with Crippen molar-refractivity contribution in [1.82, 2.24) is 0 Å². The van der Waals surface area contributed by atoms with Crippen LogP contribution in [0.3, 0.4) is 0 Å². The first kappa shape index (κ1) is 20.9. The van der Waals surface area contributed by atoms with Crippen LogP contribution in [0.15, 0.2) is 30.3 Å². The Morgan fingerprint density at radius 3 is 2.43 bits per heavy atom. The van der Waals surface area contributed by atoms with Gasteiger partial charge in [-0.2, -0.15) is 0 Å². The third-order valence-electron chi connectivity index (χ3n) is 5.80. The Hall–Kier alpha value is -1.81. The number of aryl methyl sites for hydroxylation is 1. The monoisotopic (exact) mass is 390 g/mol. The van der Waals surface area contributed by atoms with Crippen molar-refractivity contribution in [2.75, 3.05) is 6.61 Å². The highest BCUT2D eigenvalue weighted by Crippen LogP contribution is 2.35. The molecule has 1 aliphatic rings. The van der Waals surface area contributed by atoms with Crippen LogP contribution < -0.4 is 0 Å². The molecule has 1 nitrogen and oxygen atoms in total. The number of halogens is 3. The largest absolute Gasteiger partial charge is 0.378 e. The van der Waals surface area contributed by atoms with Crippen LogP contribution in [-0.2, 0) is 11.2 Å². The van der Waals surface area contributed by atoms with E-state index in [1.165, 1.54) is 18.9 Å². The highest BCUT2D eigenvalue weighted by Gasteiger charge is 2.27. The van der Waals surface area contributed by atoms with E-state index in [1.54, 1.807) is 24.3 Å². The molecule has 2 unspecified atom stereocenters. The molecule has 152 valence electrons. The first-order valence-corrected chi connectivity index (χ1v) is 10.4. The number of unbranched alkanes of at least 4 members (excludes halogenated alkanes) is 2. The minimum absolute atomic E-state index is 0.0944. The first-order chi connectivity index (χ1) is 13.5. The molecule has 2 aromatic rings. The molecular formula is C24H29F3O. The van der Waals surface area contributed by atoms with Crippen LogP contribution in [0.4, 0.5) is 13.2 Å². The van der Waals surface area contributed by atoms with E-state index < -0.39 is 17.5 Å². The Balaban J connectivity index is 1.73. The predicted molar refractivity (Wildman–Crippen MR) is 107 cm³/mol. The fourth-order valence-corrected chi connectivity index (χ4v) is 4.01. The average molecular weight is 390 g/mol. The molecule has 1 fully saturated rings. The van der Waals surface area contributed by atoms with E-state index >= 15 is 0 Å². The van der Waals surface area contributed by atoms with E-state index in [-0.39, 0.29) is 17.6 Å². The first-order valence-electron chi connectivity index (χ1n) is 10.4. The van der Waals surface area contributed by atoms with Gasteiger partial charge in [-0.25, -0.2) is 13.2 Å². The normalized spacial score (nSPS) is 19.8. The van der Waals surface area contributed by atoms with Gasteiger partial charge in [-0.1, -0.05) is 57.4 Å². The summed E-state index contributed by atoms with van der Waals surface area (Å²) < 4.78 is 49.5. The molecule has 1 aliphatic heterocycles. The Morgan fingerprint density at radius 1 is 0.964 bits per heavy atom. The van der Waals surface area contributed by atoms with Crippen molar-refractivity contribution < 1.29 is 17.9 Å². The number of hydrogen-bond acceptors (Lipinski definition) is 1. The van der Waals surface area contributed by atoms with Crippen LogP contribution in [0.25, 0.3) is 11.1 Å². The quantitative estimate of drug-likeness (QED) is 0.455. The molecule has 0 aromatic heterocycles. The van der Waals surface area contributed by atoms with Crippen LogP contribution in [0.2, 0.25) is 0 Å². The lowest BCUT2D eigenvalue weighted by molar-refractivity contribution is -0.00277. The molecule has 0 radical (unpaired) electrons. The molecule has 0 spiro atoms. The molecular weight excluding hydrogens is 361 g/mol. The molecule has 28 heavy (non-hydrogen) atoms. The lowest BCUT2D eigenvalue weighted by Gasteiger charge is -2.29. The van der Waals surface area contributed by atoms with Crippen molar-refractivity contribution in [3.05, 3.63) is 58.9 Å². The number of hydrogen-bond donors (Lipinski definition) is 0. The molecule has 0 amide bonds. The van der Waals surface area contributed by atoms with Gasteiger partial charge in [0, 0.05) is 11.5 Å². The molecule has 4 heteroatoms. The molecule has 2 aromatic carbocycles. The highest BCUT2D eigenvalue weighted by atomic mass is 19.2. The predicted octanol–water partition coefficient (Wildman–Crippen LogP) is 7.18. The zero-order valence-electron chi connectivity index (χ0n) is 16.7. The topological polar surface area (TPSA) is 9.23 Å². The summed E-state index contributed by atoms with van der Waals surface area (Å²) in [7, 11) is 0. The fourth-order valence-electron chi connectivity index (χ4n) is 4.01. The summed E-state index contributed by atoms with van der Waals surface area (Å²) in [4.78, 5) is 0. The van der Waals surface area contributed by atoms with Crippen molar-refractivity contribution in [2.45, 2.75) is 70.8 Å². The molecule has 3 rings (SSSR count). The molecule has 0 N–H and O–H groups in total. The fraction of sp³-hybridized carbons (Fsp3) is 0.500. The van der Waals surface area contributed by atoms with E-state index in [9.17, 15) is 13.2 Å². The molecule has 1 heterocycles. The summed E-state index contributed by atoms with van der Waals surface area (Å²) in [6, 6.07) is 7.74. The second kappa shape index (κ2) is 9.60. The third-order valence-corrected chi connectivity index (χ3v) is 5.80. The van der Waals surface area contributed by atoms with Gasteiger partial charge in [-0.05, 0) is 48.4 Å². The van der Waals surface area contributed by atoms with Gasteiger partial charge in [0.1, 0.15) is 5.82 Å². The number of ether oxygens (including phenoxy) is 1. The minimum atomic E-state index is -0.911. The lowest BCUT2D eigenvalue weighted by Crippen LogP contribution is -2.25. The van der Waals surface area contributed by atoms with Crippen LogP contribution in [0.5, 0.6) is 0 Å². The van der Waals surface area contributed by atoms with Gasteiger partial charge in [0.25, 0.3) is 0 Å². The van der Waals surface area contributed by atoms with E-state index in [1.807, 2.05) is 6.92 Å². The van der Waals surface area contributed by atoms with Crippen LogP contribution in [0, 0.1) is 17.5 Å². The van der Waals surface area contributed by atoms with Crippen molar-refractivity contribution in [3.63, 3.8) is 0 Å². The summed E-state index contributed by atoms with van der Waals surface area (Å²) >= 11 is 0. The number of rotatable bonds is 7. The Kier molecular flexibility index (Phi) is 7.17. The van der Waals surface area contributed by atoms with E-state index in [0.717, 1.165) is 25.7 Å². The molecule has 1 saturated heterocycles. The smallest absolute Gasteiger partial charge is 0.166 e. The van der Waals surface area contributed by atoms with E-state index in [4.69, 9.17) is 4.74 Å². The standard InChI is InChI=1S/C24H29F3O/c1-3-5-6-7-19-11-10-18(15-28-19)21-13-12-20(23(26)24(21)27)17-9-8-16(4-2)22(25)14-17/h8-9,12-14,18-19H,3-7,10-11,15H2,1-2H3. The lowest BCUT2D eigenvalue weighted by atomic mass is 9.88. The van der Waals surface area contributed by atoms with Gasteiger partial charge in [-0.3, -0.25) is 0 Å². The highest BCUT2D eigenvalue weighted by molar-refractivity contribution is 5.65. The summed E-state index contributed by atoms with van der Waals surface area (Å²) in [5.74, 6) is -2.27. The maximum Gasteiger partial charge on any atom is 0.166 e. The van der Waals surface area contributed by atoms with Gasteiger partial charge in [-0.15, -0.1) is 0 Å². The number of benzene rings is 2. The van der Waals surface area contributed by atoms with Gasteiger partial charge in [0.15, 0.2) is 11.6 Å². The minimum Gasteiger partial charge on any atom is -0.378 e. The summed E-state index contributed by atoms with van der Waals surface area (Å²) in [6.07, 6.45) is 7.03. The van der Waals surface area contributed by atoms with Crippen molar-refractivity contribution in [1.29, 1.82) is 0 Å². The van der Waals surface area contributed by atoms with Gasteiger partial charge >= 0.3 is 0 Å². The molecule has 2 atom stereocenters. The van der Waals surface area contributed by atoms with Crippen molar-refractivity contribution in [3.8, 4) is 11.1 Å². The second-order valence-corrected chi connectivity index (χ2v) is 7.72. The maximum absolute atomic E-state index is 14.8. The maximum atomic E-state index is 14.8. The summed E-state index contributed by atoms with van der Waals surface area (Å²) in [6.45, 7) is 4.45. The van der Waals surface area contributed by atoms with Gasteiger partial charge in [0.2, 0.25) is 0 Å². The Labute approximate surface area is 165 Å². The summed E-state index contributed by atoms with van der Waals surface area (Å²) in [5, 5.41) is 0.